The number of rotatable bonds is 4. The number of hydroxylamine groups is 2. The van der Waals surface area contributed by atoms with Crippen LogP contribution in [0.4, 0.5) is 0 Å². The molecule has 26 heavy (non-hydrogen) atoms. The highest BCUT2D eigenvalue weighted by atomic mass is 32.2. The van der Waals surface area contributed by atoms with Crippen molar-refractivity contribution in [1.29, 1.82) is 0 Å². The topological polar surface area (TPSA) is 66.9 Å². The van der Waals surface area contributed by atoms with Gasteiger partial charge in [-0.15, -0.1) is 0 Å². The van der Waals surface area contributed by atoms with E-state index in [1.165, 1.54) is 9.37 Å². The predicted molar refractivity (Wildman–Crippen MR) is 95.4 cm³/mol. The van der Waals surface area contributed by atoms with Crippen molar-refractivity contribution in [3.05, 3.63) is 65.7 Å². The SMILES string of the molecule is Cc1ccccc1S(=O)(=O)N1CC2(CC(=O)N(Cc3ccccc3)O2)C1. The molecule has 0 radical (unpaired) electrons. The largest absolute Gasteiger partial charge is 0.272 e. The van der Waals surface area contributed by atoms with E-state index in [1.807, 2.05) is 36.4 Å². The van der Waals surface area contributed by atoms with E-state index < -0.39 is 15.6 Å². The van der Waals surface area contributed by atoms with Gasteiger partial charge in [-0.25, -0.2) is 13.5 Å². The van der Waals surface area contributed by atoms with E-state index in [1.54, 1.807) is 25.1 Å². The molecular formula is C19H20N2O4S. The fourth-order valence-corrected chi connectivity index (χ4v) is 5.29. The van der Waals surface area contributed by atoms with E-state index >= 15 is 0 Å². The summed E-state index contributed by atoms with van der Waals surface area (Å²) in [6, 6.07) is 16.5. The third-order valence-corrected chi connectivity index (χ3v) is 6.82. The summed E-state index contributed by atoms with van der Waals surface area (Å²) in [6.45, 7) is 2.53. The minimum Gasteiger partial charge on any atom is -0.272 e. The average Bonchev–Trinajstić information content (AvgIpc) is 2.92. The fourth-order valence-electron chi connectivity index (χ4n) is 3.47. The molecule has 6 nitrogen and oxygen atoms in total. The van der Waals surface area contributed by atoms with Crippen LogP contribution < -0.4 is 0 Å². The van der Waals surface area contributed by atoms with Crippen molar-refractivity contribution >= 4 is 15.9 Å². The normalized spacial score (nSPS) is 19.7. The quantitative estimate of drug-likeness (QED) is 0.824. The van der Waals surface area contributed by atoms with Gasteiger partial charge in [-0.2, -0.15) is 4.31 Å². The number of nitrogens with zero attached hydrogens (tertiary/aromatic N) is 2. The molecule has 2 aliphatic rings. The Hall–Kier alpha value is -2.22. The highest BCUT2D eigenvalue weighted by Crippen LogP contribution is 2.39. The molecule has 1 spiro atoms. The summed E-state index contributed by atoms with van der Waals surface area (Å²) in [7, 11) is -3.57. The number of sulfonamides is 1. The van der Waals surface area contributed by atoms with Crippen LogP contribution in [0.3, 0.4) is 0 Å². The van der Waals surface area contributed by atoms with E-state index in [4.69, 9.17) is 4.84 Å². The molecule has 2 aliphatic heterocycles. The summed E-state index contributed by atoms with van der Waals surface area (Å²) in [5.41, 5.74) is 0.950. The molecule has 0 unspecified atom stereocenters. The monoisotopic (exact) mass is 372 g/mol. The maximum Gasteiger partial charge on any atom is 0.249 e. The van der Waals surface area contributed by atoms with Gasteiger partial charge < -0.3 is 0 Å². The van der Waals surface area contributed by atoms with E-state index in [0.29, 0.717) is 17.0 Å². The van der Waals surface area contributed by atoms with Crippen LogP contribution >= 0.6 is 0 Å². The van der Waals surface area contributed by atoms with Gasteiger partial charge in [0.2, 0.25) is 15.9 Å². The number of amides is 1. The highest BCUT2D eigenvalue weighted by Gasteiger charge is 2.56. The molecule has 0 aliphatic carbocycles. The Morgan fingerprint density at radius 2 is 1.69 bits per heavy atom. The smallest absolute Gasteiger partial charge is 0.249 e. The van der Waals surface area contributed by atoms with Crippen molar-refractivity contribution in [3.8, 4) is 0 Å². The van der Waals surface area contributed by atoms with Crippen LogP contribution in [-0.2, 0) is 26.2 Å². The second-order valence-corrected chi connectivity index (χ2v) is 8.81. The van der Waals surface area contributed by atoms with Gasteiger partial charge in [-0.1, -0.05) is 48.5 Å². The van der Waals surface area contributed by atoms with Gasteiger partial charge in [0.05, 0.1) is 17.9 Å². The maximum absolute atomic E-state index is 12.8. The molecule has 2 heterocycles. The van der Waals surface area contributed by atoms with E-state index in [9.17, 15) is 13.2 Å². The Morgan fingerprint density at radius 1 is 1.04 bits per heavy atom. The molecule has 0 atom stereocenters. The molecule has 0 N–H and O–H groups in total. The Kier molecular flexibility index (Phi) is 4.10. The summed E-state index contributed by atoms with van der Waals surface area (Å²) >= 11 is 0. The third-order valence-electron chi connectivity index (χ3n) is 4.86. The second-order valence-electron chi connectivity index (χ2n) is 6.91. The molecule has 0 saturated carbocycles. The van der Waals surface area contributed by atoms with Crippen LogP contribution in [0.2, 0.25) is 0 Å². The van der Waals surface area contributed by atoms with E-state index in [0.717, 1.165) is 5.56 Å². The minimum atomic E-state index is -3.57. The Labute approximate surface area is 153 Å². The second kappa shape index (κ2) is 6.19. The van der Waals surface area contributed by atoms with E-state index in [2.05, 4.69) is 0 Å². The predicted octanol–water partition coefficient (Wildman–Crippen LogP) is 2.10. The molecule has 0 bridgehead atoms. The van der Waals surface area contributed by atoms with Crippen LogP contribution in [0, 0.1) is 6.92 Å². The first-order valence-corrected chi connectivity index (χ1v) is 9.93. The zero-order chi connectivity index (χ0) is 18.4. The lowest BCUT2D eigenvalue weighted by Gasteiger charge is -2.44. The summed E-state index contributed by atoms with van der Waals surface area (Å²) in [4.78, 5) is 18.5. The standard InChI is InChI=1S/C19H20N2O4S/c1-15-7-5-6-10-17(15)26(23,24)20-13-19(14-20)11-18(22)21(25-19)12-16-8-3-2-4-9-16/h2-10H,11-14H2,1H3. The molecule has 7 heteroatoms. The molecule has 2 aromatic carbocycles. The van der Waals surface area contributed by atoms with Crippen LogP contribution in [0.1, 0.15) is 17.5 Å². The average molecular weight is 372 g/mol. The van der Waals surface area contributed by atoms with Gasteiger partial charge in [0.1, 0.15) is 5.60 Å². The third kappa shape index (κ3) is 2.92. The number of carbonyl (C=O) groups is 1. The summed E-state index contributed by atoms with van der Waals surface area (Å²) in [6.07, 6.45) is 0.208. The summed E-state index contributed by atoms with van der Waals surface area (Å²) in [5.74, 6) is -0.109. The maximum atomic E-state index is 12.8. The zero-order valence-corrected chi connectivity index (χ0v) is 15.3. The van der Waals surface area contributed by atoms with Gasteiger partial charge in [0.15, 0.2) is 0 Å². The first kappa shape index (κ1) is 17.2. The van der Waals surface area contributed by atoms with Crippen molar-refractivity contribution in [2.24, 2.45) is 0 Å². The molecule has 4 rings (SSSR count). The number of hydrogen-bond acceptors (Lipinski definition) is 4. The highest BCUT2D eigenvalue weighted by molar-refractivity contribution is 7.89. The van der Waals surface area contributed by atoms with Crippen molar-refractivity contribution in [2.45, 2.75) is 30.4 Å². The Bertz CT molecular complexity index is 937. The van der Waals surface area contributed by atoms with Crippen molar-refractivity contribution in [1.82, 2.24) is 9.37 Å². The molecule has 2 fully saturated rings. The first-order valence-electron chi connectivity index (χ1n) is 8.49. The lowest BCUT2D eigenvalue weighted by atomic mass is 9.94. The van der Waals surface area contributed by atoms with Crippen LogP contribution in [-0.4, -0.2) is 42.4 Å². The molecule has 136 valence electrons. The number of hydrogen-bond donors (Lipinski definition) is 0. The van der Waals surface area contributed by atoms with Crippen molar-refractivity contribution < 1.29 is 18.0 Å². The molecular weight excluding hydrogens is 352 g/mol. The Balaban J connectivity index is 1.46. The number of carbonyl (C=O) groups excluding carboxylic acids is 1. The number of benzene rings is 2. The number of aryl methyl sites for hydroxylation is 1. The van der Waals surface area contributed by atoms with Crippen molar-refractivity contribution in [3.63, 3.8) is 0 Å². The molecule has 2 saturated heterocycles. The lowest BCUT2D eigenvalue weighted by molar-refractivity contribution is -0.228. The molecule has 0 aromatic heterocycles. The van der Waals surface area contributed by atoms with Gasteiger partial charge in [0, 0.05) is 13.1 Å². The summed E-state index contributed by atoms with van der Waals surface area (Å²) < 4.78 is 27.0. The van der Waals surface area contributed by atoms with Crippen LogP contribution in [0.25, 0.3) is 0 Å². The van der Waals surface area contributed by atoms with Gasteiger partial charge in [-0.05, 0) is 24.1 Å². The van der Waals surface area contributed by atoms with Crippen LogP contribution in [0.15, 0.2) is 59.5 Å². The first-order chi connectivity index (χ1) is 12.4. The van der Waals surface area contributed by atoms with Gasteiger partial charge >= 0.3 is 0 Å². The van der Waals surface area contributed by atoms with Gasteiger partial charge in [0.25, 0.3) is 0 Å². The molecule has 1 amide bonds. The summed E-state index contributed by atoms with van der Waals surface area (Å²) in [5, 5.41) is 1.35. The zero-order valence-electron chi connectivity index (χ0n) is 14.5. The molecule has 2 aromatic rings. The lowest BCUT2D eigenvalue weighted by Crippen LogP contribution is -2.63. The Morgan fingerprint density at radius 3 is 2.38 bits per heavy atom. The van der Waals surface area contributed by atoms with E-state index in [-0.39, 0.29) is 25.4 Å². The van der Waals surface area contributed by atoms with Crippen LogP contribution in [0.5, 0.6) is 0 Å². The van der Waals surface area contributed by atoms with Gasteiger partial charge in [-0.3, -0.25) is 9.63 Å². The fraction of sp³-hybridized carbons (Fsp3) is 0.316. The minimum absolute atomic E-state index is 0.109. The van der Waals surface area contributed by atoms with Crippen molar-refractivity contribution in [2.75, 3.05) is 13.1 Å².